The van der Waals surface area contributed by atoms with Gasteiger partial charge in [0.05, 0.1) is 0 Å². The summed E-state index contributed by atoms with van der Waals surface area (Å²) in [6, 6.07) is 5.98. The number of piperidine rings is 1. The van der Waals surface area contributed by atoms with E-state index in [-0.39, 0.29) is 11.8 Å². The lowest BCUT2D eigenvalue weighted by molar-refractivity contribution is 0.0700. The number of carbonyl (C=O) groups is 1. The smallest absolute Gasteiger partial charge is 0.275 e. The highest BCUT2D eigenvalue weighted by atomic mass is 16.3. The number of oxazole rings is 1. The number of imidazole rings is 1. The second kappa shape index (κ2) is 6.51. The van der Waals surface area contributed by atoms with Crippen LogP contribution in [0.3, 0.4) is 0 Å². The van der Waals surface area contributed by atoms with Crippen LogP contribution >= 0.6 is 0 Å². The van der Waals surface area contributed by atoms with Gasteiger partial charge < -0.3 is 9.32 Å². The van der Waals surface area contributed by atoms with Crippen LogP contribution in [0.2, 0.25) is 0 Å². The Labute approximate surface area is 145 Å². The van der Waals surface area contributed by atoms with Crippen LogP contribution in [0.15, 0.2) is 47.6 Å². The lowest BCUT2D eigenvalue weighted by Gasteiger charge is -2.32. The average molecular weight is 337 g/mol. The van der Waals surface area contributed by atoms with E-state index in [4.69, 9.17) is 9.40 Å². The van der Waals surface area contributed by atoms with Crippen molar-refractivity contribution in [2.45, 2.75) is 25.7 Å². The Kier molecular flexibility index (Phi) is 4.05. The Morgan fingerprint density at radius 1 is 1.32 bits per heavy atom. The van der Waals surface area contributed by atoms with Crippen LogP contribution in [0.1, 0.15) is 40.8 Å². The quantitative estimate of drug-likeness (QED) is 0.734. The average Bonchev–Trinajstić information content (AvgIpc) is 3.33. The van der Waals surface area contributed by atoms with Gasteiger partial charge in [-0.1, -0.05) is 6.07 Å². The third-order valence-electron chi connectivity index (χ3n) is 4.49. The number of hydrogen-bond donors (Lipinski definition) is 0. The summed E-state index contributed by atoms with van der Waals surface area (Å²) in [7, 11) is 0. The van der Waals surface area contributed by atoms with Crippen molar-refractivity contribution >= 4 is 5.91 Å². The largest absolute Gasteiger partial charge is 0.448 e. The molecule has 1 fully saturated rings. The highest BCUT2D eigenvalue weighted by molar-refractivity contribution is 5.92. The molecule has 1 atom stereocenters. The van der Waals surface area contributed by atoms with Crippen molar-refractivity contribution in [3.05, 3.63) is 60.5 Å². The van der Waals surface area contributed by atoms with Gasteiger partial charge in [0.15, 0.2) is 11.6 Å². The normalized spacial score (nSPS) is 17.6. The third kappa shape index (κ3) is 3.17. The van der Waals surface area contributed by atoms with Gasteiger partial charge in [-0.2, -0.15) is 0 Å². The number of aromatic nitrogens is 4. The van der Waals surface area contributed by atoms with Crippen LogP contribution in [-0.2, 0) is 0 Å². The fourth-order valence-corrected chi connectivity index (χ4v) is 3.23. The van der Waals surface area contributed by atoms with Crippen LogP contribution in [0.4, 0.5) is 0 Å². The van der Waals surface area contributed by atoms with Gasteiger partial charge in [-0.25, -0.2) is 15.0 Å². The molecule has 4 heterocycles. The fraction of sp³-hybridized carbons (Fsp3) is 0.333. The summed E-state index contributed by atoms with van der Waals surface area (Å²) in [5.74, 6) is 1.48. The lowest BCUT2D eigenvalue weighted by Crippen LogP contribution is -2.39. The van der Waals surface area contributed by atoms with E-state index in [9.17, 15) is 4.79 Å². The van der Waals surface area contributed by atoms with Gasteiger partial charge in [0, 0.05) is 44.0 Å². The molecule has 0 radical (unpaired) electrons. The molecule has 25 heavy (non-hydrogen) atoms. The van der Waals surface area contributed by atoms with Crippen LogP contribution in [0.25, 0.3) is 5.82 Å². The summed E-state index contributed by atoms with van der Waals surface area (Å²) >= 11 is 0. The molecule has 0 unspecified atom stereocenters. The standard InChI is InChI=1S/C18H19N5O2/c1-13-20-16(11-25-13)18(24)22-8-3-4-14(10-22)15-5-2-6-17(21-15)23-9-7-19-12-23/h2,5-7,9,11-12,14H,3-4,8,10H2,1H3/t14-/m1/s1. The van der Waals surface area contributed by atoms with Crippen molar-refractivity contribution in [3.8, 4) is 5.82 Å². The number of carbonyl (C=O) groups excluding carboxylic acids is 1. The molecule has 1 amide bonds. The van der Waals surface area contributed by atoms with Crippen molar-refractivity contribution in [1.82, 2.24) is 24.4 Å². The summed E-state index contributed by atoms with van der Waals surface area (Å²) in [6.07, 6.45) is 8.73. The predicted molar refractivity (Wildman–Crippen MR) is 90.5 cm³/mol. The molecule has 0 aromatic carbocycles. The summed E-state index contributed by atoms with van der Waals surface area (Å²) in [5, 5.41) is 0. The maximum Gasteiger partial charge on any atom is 0.275 e. The van der Waals surface area contributed by atoms with Crippen molar-refractivity contribution in [1.29, 1.82) is 0 Å². The van der Waals surface area contributed by atoms with Gasteiger partial charge in [-0.15, -0.1) is 0 Å². The molecule has 0 saturated carbocycles. The molecular formula is C18H19N5O2. The Hall–Kier alpha value is -2.96. The minimum Gasteiger partial charge on any atom is -0.448 e. The first-order valence-corrected chi connectivity index (χ1v) is 8.37. The Morgan fingerprint density at radius 2 is 2.24 bits per heavy atom. The van der Waals surface area contributed by atoms with Gasteiger partial charge in [0.25, 0.3) is 5.91 Å². The topological polar surface area (TPSA) is 77.1 Å². The third-order valence-corrected chi connectivity index (χ3v) is 4.49. The van der Waals surface area contributed by atoms with Crippen LogP contribution in [0, 0.1) is 6.92 Å². The van der Waals surface area contributed by atoms with E-state index in [1.807, 2.05) is 33.9 Å². The number of rotatable bonds is 3. The highest BCUT2D eigenvalue weighted by Gasteiger charge is 2.27. The van der Waals surface area contributed by atoms with E-state index in [1.54, 1.807) is 19.4 Å². The highest BCUT2D eigenvalue weighted by Crippen LogP contribution is 2.27. The molecule has 1 saturated heterocycles. The number of likely N-dealkylation sites (tertiary alicyclic amines) is 1. The second-order valence-electron chi connectivity index (χ2n) is 6.23. The maximum atomic E-state index is 12.6. The zero-order chi connectivity index (χ0) is 17.2. The van der Waals surface area contributed by atoms with E-state index in [0.29, 0.717) is 18.1 Å². The molecule has 4 rings (SSSR count). The Balaban J connectivity index is 1.53. The van der Waals surface area contributed by atoms with Gasteiger partial charge >= 0.3 is 0 Å². The molecule has 1 aliphatic heterocycles. The fourth-order valence-electron chi connectivity index (χ4n) is 3.23. The van der Waals surface area contributed by atoms with Crippen LogP contribution in [0.5, 0.6) is 0 Å². The monoisotopic (exact) mass is 337 g/mol. The molecule has 3 aromatic rings. The minimum atomic E-state index is -0.0766. The summed E-state index contributed by atoms with van der Waals surface area (Å²) in [5.41, 5.74) is 1.37. The number of amides is 1. The van der Waals surface area contributed by atoms with E-state index in [1.165, 1.54) is 6.26 Å². The molecule has 128 valence electrons. The van der Waals surface area contributed by atoms with E-state index in [2.05, 4.69) is 9.97 Å². The zero-order valence-electron chi connectivity index (χ0n) is 14.0. The Bertz CT molecular complexity index is 871. The summed E-state index contributed by atoms with van der Waals surface area (Å²) in [6.45, 7) is 3.12. The Morgan fingerprint density at radius 3 is 3.00 bits per heavy atom. The number of hydrogen-bond acceptors (Lipinski definition) is 5. The first-order valence-electron chi connectivity index (χ1n) is 8.37. The molecule has 1 aliphatic rings. The maximum absolute atomic E-state index is 12.6. The van der Waals surface area contributed by atoms with Crippen LogP contribution < -0.4 is 0 Å². The number of pyridine rings is 1. The molecule has 0 N–H and O–H groups in total. The van der Waals surface area contributed by atoms with E-state index >= 15 is 0 Å². The van der Waals surface area contributed by atoms with E-state index in [0.717, 1.165) is 30.9 Å². The molecule has 0 spiro atoms. The second-order valence-corrected chi connectivity index (χ2v) is 6.23. The SMILES string of the molecule is Cc1nc(C(=O)N2CCC[C@@H](c3cccc(-n4ccnc4)n3)C2)co1. The molecular weight excluding hydrogens is 318 g/mol. The molecule has 7 heteroatoms. The van der Waals surface area contributed by atoms with Gasteiger partial charge in [0.1, 0.15) is 18.4 Å². The van der Waals surface area contributed by atoms with Crippen molar-refractivity contribution < 1.29 is 9.21 Å². The van der Waals surface area contributed by atoms with Crippen LogP contribution in [-0.4, -0.2) is 43.4 Å². The molecule has 0 aliphatic carbocycles. The summed E-state index contributed by atoms with van der Waals surface area (Å²) < 4.78 is 7.05. The minimum absolute atomic E-state index is 0.0766. The zero-order valence-corrected chi connectivity index (χ0v) is 14.0. The van der Waals surface area contributed by atoms with E-state index < -0.39 is 0 Å². The van der Waals surface area contributed by atoms with Gasteiger partial charge in [0.2, 0.25) is 0 Å². The summed E-state index contributed by atoms with van der Waals surface area (Å²) in [4.78, 5) is 27.4. The van der Waals surface area contributed by atoms with Gasteiger partial charge in [-0.3, -0.25) is 9.36 Å². The first-order chi connectivity index (χ1) is 12.2. The molecule has 0 bridgehead atoms. The van der Waals surface area contributed by atoms with Crippen molar-refractivity contribution in [2.75, 3.05) is 13.1 Å². The predicted octanol–water partition coefficient (Wildman–Crippen LogP) is 2.58. The first kappa shape index (κ1) is 15.6. The van der Waals surface area contributed by atoms with Crippen molar-refractivity contribution in [3.63, 3.8) is 0 Å². The molecule has 3 aromatic heterocycles. The van der Waals surface area contributed by atoms with Gasteiger partial charge in [-0.05, 0) is 25.0 Å². The number of nitrogens with zero attached hydrogens (tertiary/aromatic N) is 5. The number of aryl methyl sites for hydroxylation is 1. The lowest BCUT2D eigenvalue weighted by atomic mass is 9.94. The molecule has 7 nitrogen and oxygen atoms in total. The van der Waals surface area contributed by atoms with Crippen molar-refractivity contribution in [2.24, 2.45) is 0 Å².